The molecule has 0 aliphatic rings. The van der Waals surface area contributed by atoms with E-state index in [9.17, 15) is 8.42 Å². The standard InChI is InChI=1S/C12H15N3O3S/c1-18-8-11-5-3-2-4-10(11)6-15-19(16,17)12-7-13-9-14-12/h2-5,7,9,15H,6,8H2,1H3,(H,13,14). The van der Waals surface area contributed by atoms with Crippen LogP contribution in [0.15, 0.2) is 41.8 Å². The summed E-state index contributed by atoms with van der Waals surface area (Å²) in [4.78, 5) is 6.26. The topological polar surface area (TPSA) is 84.1 Å². The molecule has 19 heavy (non-hydrogen) atoms. The molecule has 0 atom stereocenters. The van der Waals surface area contributed by atoms with Crippen LogP contribution in [0.2, 0.25) is 0 Å². The van der Waals surface area contributed by atoms with Gasteiger partial charge in [-0.1, -0.05) is 24.3 Å². The van der Waals surface area contributed by atoms with E-state index >= 15 is 0 Å². The third-order valence-corrected chi connectivity index (χ3v) is 3.96. The highest BCUT2D eigenvalue weighted by molar-refractivity contribution is 7.89. The number of ether oxygens (including phenoxy) is 1. The summed E-state index contributed by atoms with van der Waals surface area (Å²) in [5.74, 6) is 0. The maximum atomic E-state index is 11.9. The fourth-order valence-corrected chi connectivity index (χ4v) is 2.58. The SMILES string of the molecule is COCc1ccccc1CNS(=O)(=O)c1cnc[nH]1. The number of aromatic amines is 1. The minimum absolute atomic E-state index is 0.0525. The maximum Gasteiger partial charge on any atom is 0.257 e. The number of imidazole rings is 1. The first-order chi connectivity index (χ1) is 9.13. The highest BCUT2D eigenvalue weighted by atomic mass is 32.2. The number of nitrogens with one attached hydrogen (secondary N) is 2. The van der Waals surface area contributed by atoms with Crippen LogP contribution in [0.25, 0.3) is 0 Å². The van der Waals surface area contributed by atoms with Crippen LogP contribution in [-0.2, 0) is 27.9 Å². The van der Waals surface area contributed by atoms with Gasteiger partial charge in [0, 0.05) is 13.7 Å². The molecule has 0 fully saturated rings. The van der Waals surface area contributed by atoms with Gasteiger partial charge in [0.2, 0.25) is 0 Å². The molecule has 0 unspecified atom stereocenters. The van der Waals surface area contributed by atoms with E-state index in [-0.39, 0.29) is 11.6 Å². The summed E-state index contributed by atoms with van der Waals surface area (Å²) in [5, 5.41) is 0.0525. The average Bonchev–Trinajstić information content (AvgIpc) is 2.93. The summed E-state index contributed by atoms with van der Waals surface area (Å²) >= 11 is 0. The van der Waals surface area contributed by atoms with Gasteiger partial charge in [0.1, 0.15) is 0 Å². The molecule has 6 nitrogen and oxygen atoms in total. The van der Waals surface area contributed by atoms with E-state index in [0.29, 0.717) is 6.61 Å². The minimum Gasteiger partial charge on any atom is -0.380 e. The molecule has 0 radical (unpaired) electrons. The van der Waals surface area contributed by atoms with Crippen LogP contribution in [0.3, 0.4) is 0 Å². The molecular formula is C12H15N3O3S. The number of hydrogen-bond acceptors (Lipinski definition) is 4. The van der Waals surface area contributed by atoms with Crippen molar-refractivity contribution in [3.8, 4) is 0 Å². The zero-order chi connectivity index (χ0) is 13.7. The molecule has 1 heterocycles. The third-order valence-electron chi connectivity index (χ3n) is 2.63. The molecule has 0 saturated carbocycles. The molecule has 2 N–H and O–H groups in total. The molecule has 7 heteroatoms. The Morgan fingerprint density at radius 1 is 1.32 bits per heavy atom. The average molecular weight is 281 g/mol. The first-order valence-corrected chi connectivity index (χ1v) is 7.15. The van der Waals surface area contributed by atoms with Crippen molar-refractivity contribution in [2.45, 2.75) is 18.2 Å². The highest BCUT2D eigenvalue weighted by Crippen LogP contribution is 2.11. The molecule has 2 aromatic rings. The summed E-state index contributed by atoms with van der Waals surface area (Å²) in [6.45, 7) is 0.656. The van der Waals surface area contributed by atoms with Gasteiger partial charge >= 0.3 is 0 Å². The van der Waals surface area contributed by atoms with Crippen LogP contribution >= 0.6 is 0 Å². The molecular weight excluding hydrogens is 266 g/mol. The fraction of sp³-hybridized carbons (Fsp3) is 0.250. The van der Waals surface area contributed by atoms with E-state index in [0.717, 1.165) is 11.1 Å². The highest BCUT2D eigenvalue weighted by Gasteiger charge is 2.15. The molecule has 0 saturated heterocycles. The number of sulfonamides is 1. The van der Waals surface area contributed by atoms with Crippen LogP contribution < -0.4 is 4.72 Å². The van der Waals surface area contributed by atoms with E-state index in [1.54, 1.807) is 7.11 Å². The maximum absolute atomic E-state index is 11.9. The van der Waals surface area contributed by atoms with Gasteiger partial charge in [0.05, 0.1) is 19.1 Å². The number of aromatic nitrogens is 2. The van der Waals surface area contributed by atoms with Crippen LogP contribution in [0.1, 0.15) is 11.1 Å². The van der Waals surface area contributed by atoms with Crippen LogP contribution in [0.5, 0.6) is 0 Å². The normalized spacial score (nSPS) is 11.6. The molecule has 0 bridgehead atoms. The van der Waals surface area contributed by atoms with Crippen molar-refractivity contribution in [3.05, 3.63) is 47.9 Å². The summed E-state index contributed by atoms with van der Waals surface area (Å²) < 4.78 is 31.4. The summed E-state index contributed by atoms with van der Waals surface area (Å²) in [6.07, 6.45) is 2.59. The molecule has 0 spiro atoms. The van der Waals surface area contributed by atoms with Crippen molar-refractivity contribution in [2.24, 2.45) is 0 Å². The Kier molecular flexibility index (Phi) is 4.31. The van der Waals surface area contributed by atoms with E-state index < -0.39 is 10.0 Å². The lowest BCUT2D eigenvalue weighted by atomic mass is 10.1. The van der Waals surface area contributed by atoms with Gasteiger partial charge in [-0.25, -0.2) is 18.1 Å². The summed E-state index contributed by atoms with van der Waals surface area (Å²) in [6, 6.07) is 7.52. The smallest absolute Gasteiger partial charge is 0.257 e. The lowest BCUT2D eigenvalue weighted by Gasteiger charge is -2.09. The Bertz CT molecular complexity index is 623. The van der Waals surface area contributed by atoms with Gasteiger partial charge in [0.25, 0.3) is 10.0 Å². The predicted molar refractivity (Wildman–Crippen MR) is 69.8 cm³/mol. The van der Waals surface area contributed by atoms with Crippen molar-refractivity contribution >= 4 is 10.0 Å². The minimum atomic E-state index is -3.56. The quantitative estimate of drug-likeness (QED) is 0.828. The van der Waals surface area contributed by atoms with Gasteiger partial charge in [-0.2, -0.15) is 0 Å². The number of hydrogen-bond donors (Lipinski definition) is 2. The summed E-state index contributed by atoms with van der Waals surface area (Å²) in [7, 11) is -1.95. The number of methoxy groups -OCH3 is 1. The number of H-pyrrole nitrogens is 1. The number of benzene rings is 1. The second-order valence-corrected chi connectivity index (χ2v) is 5.68. The van der Waals surface area contributed by atoms with Crippen molar-refractivity contribution in [1.29, 1.82) is 0 Å². The van der Waals surface area contributed by atoms with E-state index in [4.69, 9.17) is 4.74 Å². The Hall–Kier alpha value is -1.70. The van der Waals surface area contributed by atoms with E-state index in [1.165, 1.54) is 12.5 Å². The molecule has 0 amide bonds. The van der Waals surface area contributed by atoms with Gasteiger partial charge in [0.15, 0.2) is 5.03 Å². The van der Waals surface area contributed by atoms with Crippen LogP contribution in [0, 0.1) is 0 Å². The number of rotatable bonds is 6. The van der Waals surface area contributed by atoms with E-state index in [2.05, 4.69) is 14.7 Å². The van der Waals surface area contributed by atoms with Crippen LogP contribution in [0.4, 0.5) is 0 Å². The number of nitrogens with zero attached hydrogens (tertiary/aromatic N) is 1. The second-order valence-electron chi connectivity index (χ2n) is 3.94. The van der Waals surface area contributed by atoms with Gasteiger partial charge < -0.3 is 9.72 Å². The first kappa shape index (κ1) is 13.7. The zero-order valence-electron chi connectivity index (χ0n) is 10.5. The lowest BCUT2D eigenvalue weighted by molar-refractivity contribution is 0.184. The molecule has 0 aliphatic carbocycles. The molecule has 1 aromatic heterocycles. The Morgan fingerprint density at radius 2 is 2.05 bits per heavy atom. The van der Waals surface area contributed by atoms with Crippen LogP contribution in [-0.4, -0.2) is 25.5 Å². The van der Waals surface area contributed by atoms with Crippen molar-refractivity contribution in [2.75, 3.05) is 7.11 Å². The van der Waals surface area contributed by atoms with E-state index in [1.807, 2.05) is 24.3 Å². The fourth-order valence-electron chi connectivity index (χ4n) is 1.67. The second kappa shape index (κ2) is 5.96. The molecule has 2 rings (SSSR count). The monoisotopic (exact) mass is 281 g/mol. The molecule has 0 aliphatic heterocycles. The van der Waals surface area contributed by atoms with Crippen molar-refractivity contribution in [3.63, 3.8) is 0 Å². The summed E-state index contributed by atoms with van der Waals surface area (Å²) in [5.41, 5.74) is 1.84. The Morgan fingerprint density at radius 3 is 2.68 bits per heavy atom. The largest absolute Gasteiger partial charge is 0.380 e. The first-order valence-electron chi connectivity index (χ1n) is 5.67. The molecule has 102 valence electrons. The van der Waals surface area contributed by atoms with Crippen molar-refractivity contribution < 1.29 is 13.2 Å². The Balaban J connectivity index is 2.11. The lowest BCUT2D eigenvalue weighted by Crippen LogP contribution is -2.24. The van der Waals surface area contributed by atoms with Gasteiger partial charge in [-0.3, -0.25) is 0 Å². The Labute approximate surface area is 111 Å². The van der Waals surface area contributed by atoms with Gasteiger partial charge in [-0.15, -0.1) is 0 Å². The van der Waals surface area contributed by atoms with Crippen molar-refractivity contribution in [1.82, 2.24) is 14.7 Å². The molecule has 1 aromatic carbocycles. The third kappa shape index (κ3) is 3.40. The van der Waals surface area contributed by atoms with Gasteiger partial charge in [-0.05, 0) is 11.1 Å². The predicted octanol–water partition coefficient (Wildman–Crippen LogP) is 1.03. The zero-order valence-corrected chi connectivity index (χ0v) is 11.3.